The first-order chi connectivity index (χ1) is 21.3. The topological polar surface area (TPSA) is 215 Å². The lowest BCUT2D eigenvalue weighted by molar-refractivity contribution is -0.271. The maximum atomic E-state index is 12.4. The quantitative estimate of drug-likeness (QED) is 0.0955. The van der Waals surface area contributed by atoms with Gasteiger partial charge in [0.15, 0.2) is 6.10 Å². The van der Waals surface area contributed by atoms with E-state index < -0.39 is 72.3 Å². The molecule has 1 amide bonds. The van der Waals surface area contributed by atoms with E-state index in [0.29, 0.717) is 11.8 Å². The molecule has 0 radical (unpaired) electrons. The summed E-state index contributed by atoms with van der Waals surface area (Å²) in [4.78, 5) is 73.8. The predicted octanol–water partition coefficient (Wildman–Crippen LogP) is 1.66. The minimum absolute atomic E-state index is 0.0541. The number of nitrogens with zero attached hydrogens (tertiary/aromatic N) is 2. The lowest BCUT2D eigenvalue weighted by Gasteiger charge is -2.43. The molecule has 1 unspecified atom stereocenters. The van der Waals surface area contributed by atoms with Gasteiger partial charge in [-0.15, -0.1) is 0 Å². The molecule has 16 heteroatoms. The maximum absolute atomic E-state index is 12.4. The number of alkyl carbamates (subject to hydrolysis) is 1. The van der Waals surface area contributed by atoms with Crippen molar-refractivity contribution >= 4 is 42.0 Å². The van der Waals surface area contributed by atoms with Crippen molar-refractivity contribution in [2.75, 3.05) is 13.2 Å². The standard InChI is InChI=1S/C29H37N3O13/c1-6-39-27(37)23(12-9-21(36)13-31-30)32-29(38)41-14-20-7-10-22(11-8-20)44-28-26(43-19(5)35)16(2)25(42-18(4)34)24(45-28)15-40-17(3)33/h7-8,10-11,13,16,23-26,28H,6,9,12,14-15H2,1-5H3,(H,32,38)/t16-,23-,24+,25+,26?,28-/m0/s1. The van der Waals surface area contributed by atoms with E-state index in [4.69, 9.17) is 38.7 Å². The van der Waals surface area contributed by atoms with E-state index >= 15 is 0 Å². The van der Waals surface area contributed by atoms with Crippen molar-refractivity contribution in [2.45, 2.75) is 84.7 Å². The van der Waals surface area contributed by atoms with Gasteiger partial charge >= 0.3 is 36.2 Å². The SMILES string of the molecule is CCOC(=O)[C@H](CCC(=O)C=[N+]=[N-])NC(=O)OCc1ccc(O[C@H]2O[C@H](COC(C)=O)[C@H](OC(C)=O)[C@H](C)C2OC(C)=O)cc1. The third-order valence-corrected chi connectivity index (χ3v) is 6.32. The summed E-state index contributed by atoms with van der Waals surface area (Å²) >= 11 is 0. The monoisotopic (exact) mass is 635 g/mol. The molecule has 1 fully saturated rings. The summed E-state index contributed by atoms with van der Waals surface area (Å²) in [5, 5.41) is 2.36. The van der Waals surface area contributed by atoms with Gasteiger partial charge in [0.1, 0.15) is 37.2 Å². The first-order valence-corrected chi connectivity index (χ1v) is 14.0. The van der Waals surface area contributed by atoms with E-state index in [9.17, 15) is 28.8 Å². The van der Waals surface area contributed by atoms with Gasteiger partial charge in [-0.3, -0.25) is 19.2 Å². The van der Waals surface area contributed by atoms with Crippen LogP contribution in [0.25, 0.3) is 5.53 Å². The smallest absolute Gasteiger partial charge is 0.408 e. The molecule has 0 saturated carbocycles. The van der Waals surface area contributed by atoms with Crippen LogP contribution in [0.4, 0.5) is 4.79 Å². The molecule has 2 rings (SSSR count). The van der Waals surface area contributed by atoms with Crippen LogP contribution < -0.4 is 10.1 Å². The fourth-order valence-corrected chi connectivity index (χ4v) is 4.30. The van der Waals surface area contributed by atoms with E-state index in [2.05, 4.69) is 10.1 Å². The molecule has 1 aliphatic rings. The zero-order valence-electron chi connectivity index (χ0n) is 25.6. The average molecular weight is 636 g/mol. The van der Waals surface area contributed by atoms with Gasteiger partial charge in [0.05, 0.1) is 6.61 Å². The van der Waals surface area contributed by atoms with Gasteiger partial charge in [0, 0.05) is 33.1 Å². The first-order valence-electron chi connectivity index (χ1n) is 14.0. The van der Waals surface area contributed by atoms with E-state index in [-0.39, 0.29) is 38.4 Å². The Kier molecular flexibility index (Phi) is 14.6. The Morgan fingerprint density at radius 2 is 1.60 bits per heavy atom. The molecule has 16 nitrogen and oxygen atoms in total. The summed E-state index contributed by atoms with van der Waals surface area (Å²) in [6.07, 6.45) is -4.54. The van der Waals surface area contributed by atoms with Crippen LogP contribution in [-0.4, -0.2) is 90.6 Å². The number of rotatable bonds is 15. The summed E-state index contributed by atoms with van der Waals surface area (Å²) < 4.78 is 38.0. The summed E-state index contributed by atoms with van der Waals surface area (Å²) in [6, 6.07) is 5.10. The van der Waals surface area contributed by atoms with Crippen LogP contribution in [0.1, 0.15) is 53.0 Å². The van der Waals surface area contributed by atoms with Crippen LogP contribution >= 0.6 is 0 Å². The molecule has 45 heavy (non-hydrogen) atoms. The zero-order valence-corrected chi connectivity index (χ0v) is 25.6. The minimum Gasteiger partial charge on any atom is -0.464 e. The lowest BCUT2D eigenvalue weighted by atomic mass is 9.90. The van der Waals surface area contributed by atoms with Gasteiger partial charge in [-0.2, -0.15) is 4.79 Å². The number of Topliss-reactive ketones (excluding diaryl/α,β-unsaturated/α-hetero) is 1. The number of nitrogens with one attached hydrogen (secondary N) is 1. The molecule has 1 saturated heterocycles. The minimum atomic E-state index is -1.17. The molecule has 0 aromatic heterocycles. The molecule has 6 atom stereocenters. The second-order valence-electron chi connectivity index (χ2n) is 9.89. The average Bonchev–Trinajstić information content (AvgIpc) is 2.97. The summed E-state index contributed by atoms with van der Waals surface area (Å²) in [6.45, 7) is 6.52. The lowest BCUT2D eigenvalue weighted by Crippen LogP contribution is -2.58. The van der Waals surface area contributed by atoms with Gasteiger partial charge in [0.25, 0.3) is 0 Å². The summed E-state index contributed by atoms with van der Waals surface area (Å²) in [5.74, 6) is -3.43. The molecular weight excluding hydrogens is 598 g/mol. The molecule has 1 aliphatic heterocycles. The van der Waals surface area contributed by atoms with Crippen molar-refractivity contribution in [3.63, 3.8) is 0 Å². The first kappa shape index (κ1) is 36.4. The Morgan fingerprint density at radius 3 is 2.18 bits per heavy atom. The van der Waals surface area contributed by atoms with Gasteiger partial charge in [-0.05, 0) is 31.0 Å². The normalized spacial score (nSPS) is 21.1. The summed E-state index contributed by atoms with van der Waals surface area (Å²) in [7, 11) is 0. The fraction of sp³-hybridized carbons (Fsp3) is 0.552. The highest BCUT2D eigenvalue weighted by atomic mass is 16.7. The van der Waals surface area contributed by atoms with Gasteiger partial charge in [-0.1, -0.05) is 19.1 Å². The maximum Gasteiger partial charge on any atom is 0.408 e. The Bertz CT molecular complexity index is 1260. The fourth-order valence-electron chi connectivity index (χ4n) is 4.30. The number of carbonyl (C=O) groups is 6. The van der Waals surface area contributed by atoms with Crippen LogP contribution in [0, 0.1) is 5.92 Å². The number of hydrogen-bond acceptors (Lipinski definition) is 13. The molecule has 0 aliphatic carbocycles. The van der Waals surface area contributed by atoms with Gasteiger partial charge < -0.3 is 44.0 Å². The number of benzene rings is 1. The molecule has 1 heterocycles. The highest BCUT2D eigenvalue weighted by Crippen LogP contribution is 2.32. The number of amides is 1. The molecule has 0 spiro atoms. The summed E-state index contributed by atoms with van der Waals surface area (Å²) in [5.41, 5.74) is 9.00. The Hall–Kier alpha value is -4.82. The molecular formula is C29H37N3O13. The number of esters is 4. The van der Waals surface area contributed by atoms with Crippen LogP contribution in [0.5, 0.6) is 5.75 Å². The highest BCUT2D eigenvalue weighted by Gasteiger charge is 2.49. The van der Waals surface area contributed by atoms with Crippen molar-refractivity contribution in [3.8, 4) is 5.75 Å². The van der Waals surface area contributed by atoms with E-state index in [1.807, 2.05) is 0 Å². The largest absolute Gasteiger partial charge is 0.464 e. The van der Waals surface area contributed by atoms with Crippen molar-refractivity contribution in [2.24, 2.45) is 5.92 Å². The Morgan fingerprint density at radius 1 is 0.956 bits per heavy atom. The molecule has 246 valence electrons. The molecule has 1 aromatic carbocycles. The van der Waals surface area contributed by atoms with Gasteiger partial charge in [-0.25, -0.2) is 9.59 Å². The third-order valence-electron chi connectivity index (χ3n) is 6.32. The van der Waals surface area contributed by atoms with E-state index in [1.54, 1.807) is 38.1 Å². The van der Waals surface area contributed by atoms with Crippen LogP contribution in [0.3, 0.4) is 0 Å². The Balaban J connectivity index is 2.08. The highest BCUT2D eigenvalue weighted by molar-refractivity contribution is 6.25. The van der Waals surface area contributed by atoms with E-state index in [0.717, 1.165) is 0 Å². The second kappa shape index (κ2) is 18.1. The van der Waals surface area contributed by atoms with Crippen molar-refractivity contribution in [1.29, 1.82) is 0 Å². The molecule has 0 bridgehead atoms. The van der Waals surface area contributed by atoms with Crippen LogP contribution in [0.15, 0.2) is 24.3 Å². The number of hydrogen-bond donors (Lipinski definition) is 1. The van der Waals surface area contributed by atoms with Crippen molar-refractivity contribution < 1.29 is 66.7 Å². The molecule has 1 N–H and O–H groups in total. The molecule has 1 aromatic rings. The second-order valence-corrected chi connectivity index (χ2v) is 9.89. The van der Waals surface area contributed by atoms with E-state index in [1.165, 1.54) is 20.8 Å². The number of carbonyl (C=O) groups excluding carboxylic acids is 6. The van der Waals surface area contributed by atoms with Crippen molar-refractivity contribution in [3.05, 3.63) is 35.4 Å². The van der Waals surface area contributed by atoms with Crippen LogP contribution in [0.2, 0.25) is 0 Å². The Labute approximate surface area is 259 Å². The van der Waals surface area contributed by atoms with Crippen molar-refractivity contribution in [1.82, 2.24) is 5.32 Å². The number of ether oxygens (including phenoxy) is 7. The predicted molar refractivity (Wildman–Crippen MR) is 150 cm³/mol. The third kappa shape index (κ3) is 12.4. The number of ketones is 1. The zero-order chi connectivity index (χ0) is 33.5. The van der Waals surface area contributed by atoms with Gasteiger partial charge in [0.2, 0.25) is 12.1 Å². The van der Waals surface area contributed by atoms with Crippen LogP contribution in [-0.2, 0) is 59.0 Å².